The van der Waals surface area contributed by atoms with Gasteiger partial charge in [0, 0.05) is 19.6 Å². The van der Waals surface area contributed by atoms with Crippen LogP contribution in [0.5, 0.6) is 0 Å². The minimum Gasteiger partial charge on any atom is -0.309 e. The molecular weight excluding hydrogens is 296 g/mol. The third kappa shape index (κ3) is 5.05. The summed E-state index contributed by atoms with van der Waals surface area (Å²) < 4.78 is 26.5. The van der Waals surface area contributed by atoms with Gasteiger partial charge >= 0.3 is 0 Å². The average Bonchev–Trinajstić information content (AvgIpc) is 2.70. The number of halogens is 1. The highest BCUT2D eigenvalue weighted by Gasteiger charge is 2.21. The van der Waals surface area contributed by atoms with Crippen LogP contribution < -0.4 is 10.0 Å². The summed E-state index contributed by atoms with van der Waals surface area (Å²) in [5.41, 5.74) is 3.36. The van der Waals surface area contributed by atoms with Crippen LogP contribution in [0.3, 0.4) is 0 Å². The molecule has 6 heteroatoms. The molecule has 4 nitrogen and oxygen atoms in total. The minimum atomic E-state index is -3.22. The van der Waals surface area contributed by atoms with E-state index < -0.39 is 10.0 Å². The molecule has 0 atom stereocenters. The maximum atomic E-state index is 11.9. The van der Waals surface area contributed by atoms with Crippen LogP contribution in [0.2, 0.25) is 0 Å². The summed E-state index contributed by atoms with van der Waals surface area (Å²) in [7, 11) is -3.22. The van der Waals surface area contributed by atoms with Crippen LogP contribution in [0.1, 0.15) is 37.5 Å². The van der Waals surface area contributed by atoms with Gasteiger partial charge in [-0.1, -0.05) is 39.0 Å². The van der Waals surface area contributed by atoms with Crippen molar-refractivity contribution in [1.82, 2.24) is 10.0 Å². The molecule has 1 aromatic carbocycles. The quantitative estimate of drug-likeness (QED) is 0.894. The van der Waals surface area contributed by atoms with Crippen molar-refractivity contribution in [1.29, 1.82) is 0 Å². The van der Waals surface area contributed by atoms with Gasteiger partial charge in [0.15, 0.2) is 0 Å². The van der Waals surface area contributed by atoms with Crippen molar-refractivity contribution in [2.24, 2.45) is 5.41 Å². The molecule has 1 aliphatic rings. The highest BCUT2D eigenvalue weighted by molar-refractivity contribution is 7.89. The molecule has 0 fully saturated rings. The van der Waals surface area contributed by atoms with E-state index in [4.69, 9.17) is 0 Å². The number of hydrogen-bond acceptors (Lipinski definition) is 3. The van der Waals surface area contributed by atoms with Gasteiger partial charge in [-0.25, -0.2) is 13.1 Å². The molecule has 0 bridgehead atoms. The SMILES string of the molecule is CC(C)(C)CS(=O)(=O)NCc1ccc2c(c1)CNC2.Cl. The van der Waals surface area contributed by atoms with Gasteiger partial charge in [-0.2, -0.15) is 0 Å². The summed E-state index contributed by atoms with van der Waals surface area (Å²) in [6, 6.07) is 6.14. The van der Waals surface area contributed by atoms with E-state index >= 15 is 0 Å². The van der Waals surface area contributed by atoms with Crippen molar-refractivity contribution in [3.05, 3.63) is 34.9 Å². The van der Waals surface area contributed by atoms with E-state index in [1.54, 1.807) is 0 Å². The molecule has 20 heavy (non-hydrogen) atoms. The van der Waals surface area contributed by atoms with Gasteiger partial charge in [-0.05, 0) is 22.1 Å². The Morgan fingerprint density at radius 3 is 2.50 bits per heavy atom. The number of sulfonamides is 1. The Kier molecular flexibility index (Phi) is 5.61. The molecule has 0 saturated heterocycles. The smallest absolute Gasteiger partial charge is 0.212 e. The summed E-state index contributed by atoms with van der Waals surface area (Å²) in [6.45, 7) is 7.92. The molecule has 0 radical (unpaired) electrons. The van der Waals surface area contributed by atoms with Gasteiger partial charge in [0.2, 0.25) is 10.0 Å². The lowest BCUT2D eigenvalue weighted by molar-refractivity contribution is 0.458. The van der Waals surface area contributed by atoms with Crippen LogP contribution in [0.4, 0.5) is 0 Å². The predicted molar refractivity (Wildman–Crippen MR) is 84.3 cm³/mol. The van der Waals surface area contributed by atoms with Crippen LogP contribution in [-0.2, 0) is 29.7 Å². The lowest BCUT2D eigenvalue weighted by Crippen LogP contribution is -2.32. The molecule has 1 aliphatic heterocycles. The molecule has 2 N–H and O–H groups in total. The van der Waals surface area contributed by atoms with Crippen molar-refractivity contribution in [3.8, 4) is 0 Å². The van der Waals surface area contributed by atoms with E-state index in [1.165, 1.54) is 11.1 Å². The second-order valence-electron chi connectivity index (χ2n) is 6.35. The van der Waals surface area contributed by atoms with Crippen LogP contribution >= 0.6 is 12.4 Å². The van der Waals surface area contributed by atoms with E-state index in [-0.39, 0.29) is 23.6 Å². The first-order valence-corrected chi connectivity index (χ1v) is 8.19. The van der Waals surface area contributed by atoms with Crippen molar-refractivity contribution >= 4 is 22.4 Å². The first kappa shape index (κ1) is 17.4. The molecule has 0 saturated carbocycles. The molecule has 0 amide bonds. The highest BCUT2D eigenvalue weighted by Crippen LogP contribution is 2.18. The number of fused-ring (bicyclic) bond motifs is 1. The summed E-state index contributed by atoms with van der Waals surface area (Å²) in [5.74, 6) is 0.145. The standard InChI is InChI=1S/C14H22N2O2S.ClH/c1-14(2,3)10-19(17,18)16-7-11-4-5-12-8-15-9-13(12)6-11;/h4-6,15-16H,7-10H2,1-3H3;1H. The third-order valence-electron chi connectivity index (χ3n) is 3.02. The van der Waals surface area contributed by atoms with Gasteiger partial charge in [-0.15, -0.1) is 12.4 Å². The summed E-state index contributed by atoms with van der Waals surface area (Å²) in [5, 5.41) is 3.28. The third-order valence-corrected chi connectivity index (χ3v) is 4.85. The lowest BCUT2D eigenvalue weighted by Gasteiger charge is -2.18. The van der Waals surface area contributed by atoms with Crippen LogP contribution in [0.25, 0.3) is 0 Å². The Morgan fingerprint density at radius 2 is 1.85 bits per heavy atom. The fourth-order valence-electron chi connectivity index (χ4n) is 2.27. The molecule has 0 aromatic heterocycles. The van der Waals surface area contributed by atoms with E-state index in [0.29, 0.717) is 6.54 Å². The van der Waals surface area contributed by atoms with E-state index in [2.05, 4.69) is 22.2 Å². The zero-order valence-corrected chi connectivity index (χ0v) is 13.8. The predicted octanol–water partition coefficient (Wildman–Crippen LogP) is 2.18. The highest BCUT2D eigenvalue weighted by atomic mass is 35.5. The van der Waals surface area contributed by atoms with Gasteiger partial charge < -0.3 is 5.32 Å². The zero-order chi connectivity index (χ0) is 14.1. The number of nitrogens with one attached hydrogen (secondary N) is 2. The van der Waals surface area contributed by atoms with Gasteiger partial charge in [0.1, 0.15) is 0 Å². The Morgan fingerprint density at radius 1 is 1.20 bits per heavy atom. The van der Waals surface area contributed by atoms with Gasteiger partial charge in [0.25, 0.3) is 0 Å². The van der Waals surface area contributed by atoms with E-state index in [9.17, 15) is 8.42 Å². The van der Waals surface area contributed by atoms with Crippen LogP contribution in [0, 0.1) is 5.41 Å². The Balaban J connectivity index is 0.00000200. The minimum absolute atomic E-state index is 0. The zero-order valence-electron chi connectivity index (χ0n) is 12.2. The summed E-state index contributed by atoms with van der Waals surface area (Å²) in [6.07, 6.45) is 0. The normalized spacial score (nSPS) is 14.8. The summed E-state index contributed by atoms with van der Waals surface area (Å²) >= 11 is 0. The molecular formula is C14H23ClN2O2S. The van der Waals surface area contributed by atoms with Gasteiger partial charge in [0.05, 0.1) is 5.75 Å². The maximum absolute atomic E-state index is 11.9. The Hall–Kier alpha value is -0.620. The lowest BCUT2D eigenvalue weighted by atomic mass is 10.0. The first-order chi connectivity index (χ1) is 8.75. The molecule has 2 rings (SSSR count). The molecule has 1 heterocycles. The topological polar surface area (TPSA) is 58.2 Å². The van der Waals surface area contributed by atoms with Crippen molar-refractivity contribution in [2.75, 3.05) is 5.75 Å². The van der Waals surface area contributed by atoms with Crippen LogP contribution in [0.15, 0.2) is 18.2 Å². The monoisotopic (exact) mass is 318 g/mol. The summed E-state index contributed by atoms with van der Waals surface area (Å²) in [4.78, 5) is 0. The Labute approximate surface area is 127 Å². The van der Waals surface area contributed by atoms with Crippen LogP contribution in [-0.4, -0.2) is 14.2 Å². The van der Waals surface area contributed by atoms with Gasteiger partial charge in [-0.3, -0.25) is 0 Å². The van der Waals surface area contributed by atoms with Crippen molar-refractivity contribution in [2.45, 2.75) is 40.4 Å². The fraction of sp³-hybridized carbons (Fsp3) is 0.571. The largest absolute Gasteiger partial charge is 0.309 e. The van der Waals surface area contributed by atoms with Crippen molar-refractivity contribution < 1.29 is 8.42 Å². The Bertz CT molecular complexity index is 565. The van der Waals surface area contributed by atoms with Crippen molar-refractivity contribution in [3.63, 3.8) is 0 Å². The number of rotatable bonds is 4. The fourth-order valence-corrected chi connectivity index (χ4v) is 3.90. The molecule has 0 spiro atoms. The first-order valence-electron chi connectivity index (χ1n) is 6.54. The molecule has 1 aromatic rings. The maximum Gasteiger partial charge on any atom is 0.212 e. The average molecular weight is 319 g/mol. The molecule has 0 aliphatic carbocycles. The molecule has 114 valence electrons. The number of hydrogen-bond donors (Lipinski definition) is 2. The second kappa shape index (κ2) is 6.43. The van der Waals surface area contributed by atoms with E-state index in [0.717, 1.165) is 18.7 Å². The second-order valence-corrected chi connectivity index (χ2v) is 8.15. The molecule has 0 unspecified atom stereocenters. The number of benzene rings is 1. The van der Waals surface area contributed by atoms with E-state index in [1.807, 2.05) is 26.8 Å².